The Labute approximate surface area is 395 Å². The lowest BCUT2D eigenvalue weighted by Crippen LogP contribution is -2.28. The predicted molar refractivity (Wildman–Crippen MR) is 285 cm³/mol. The average molecular weight is 870 g/mol. The summed E-state index contributed by atoms with van der Waals surface area (Å²) in [5, 5.41) is 5.13. The van der Waals surface area contributed by atoms with Gasteiger partial charge in [-0.1, -0.05) is 200 Å². The van der Waals surface area contributed by atoms with E-state index in [1.54, 1.807) is 0 Å². The van der Waals surface area contributed by atoms with Crippen molar-refractivity contribution in [2.45, 2.75) is 5.41 Å². The molecule has 0 N–H and O–H groups in total. The number of nitrogens with zero attached hydrogens (tertiary/aromatic N) is 1. The lowest BCUT2D eigenvalue weighted by atomic mass is 9.67. The highest BCUT2D eigenvalue weighted by molar-refractivity contribution is 7.25. The molecular weight excluding hydrogens is 827 g/mol. The number of hydrogen-bond acceptors (Lipinski definition) is 2. The fraction of sp³-hybridized carbons (Fsp3) is 0.0154. The highest BCUT2D eigenvalue weighted by atomic mass is 32.1. The van der Waals surface area contributed by atoms with Crippen LogP contribution in [-0.4, -0.2) is 0 Å². The Morgan fingerprint density at radius 2 is 0.821 bits per heavy atom. The molecule has 0 amide bonds. The zero-order valence-electron chi connectivity index (χ0n) is 36.7. The summed E-state index contributed by atoms with van der Waals surface area (Å²) < 4.78 is 2.64. The normalized spacial score (nSPS) is 12.6. The fourth-order valence-electron chi connectivity index (χ4n) is 10.8. The standard InChI is InChI=1S/C65H43NS/c1-3-17-52(18-4-1)65(53-19-5-2-6-20-53)61-24-11-9-22-57(61)58-38-32-50(42-62(58)65)45-28-34-54(35-29-45)66(56-21-13-16-48(41-56)49-27-26-44-14-7-8-15-47(44)40-49)55-36-30-46(31-37-55)51-33-39-60-59-23-10-12-25-63(59)67-64(60)43-51/h1-43H. The molecule has 0 radical (unpaired) electrons. The lowest BCUT2D eigenvalue weighted by molar-refractivity contribution is 0.769. The van der Waals surface area contributed by atoms with E-state index < -0.39 is 5.41 Å². The van der Waals surface area contributed by atoms with E-state index in [9.17, 15) is 0 Å². The largest absolute Gasteiger partial charge is 0.310 e. The summed E-state index contributed by atoms with van der Waals surface area (Å²) in [6.45, 7) is 0. The Morgan fingerprint density at radius 3 is 1.57 bits per heavy atom. The maximum Gasteiger partial charge on any atom is 0.0713 e. The summed E-state index contributed by atoms with van der Waals surface area (Å²) in [5.41, 5.74) is 17.8. The summed E-state index contributed by atoms with van der Waals surface area (Å²) in [7, 11) is 0. The number of rotatable bonds is 8. The number of fused-ring (bicyclic) bond motifs is 7. The minimum Gasteiger partial charge on any atom is -0.310 e. The molecule has 1 heterocycles. The molecule has 1 aliphatic rings. The van der Waals surface area contributed by atoms with Gasteiger partial charge in [-0.05, 0) is 138 Å². The molecule has 314 valence electrons. The number of hydrogen-bond donors (Lipinski definition) is 0. The molecule has 0 atom stereocenters. The first kappa shape index (κ1) is 39.1. The van der Waals surface area contributed by atoms with Crippen molar-refractivity contribution in [2.75, 3.05) is 4.90 Å². The van der Waals surface area contributed by atoms with Gasteiger partial charge < -0.3 is 4.90 Å². The molecule has 11 aromatic carbocycles. The van der Waals surface area contributed by atoms with Crippen LogP contribution in [0.2, 0.25) is 0 Å². The summed E-state index contributed by atoms with van der Waals surface area (Å²) in [4.78, 5) is 2.39. The van der Waals surface area contributed by atoms with Gasteiger partial charge in [0.1, 0.15) is 0 Å². The van der Waals surface area contributed by atoms with E-state index in [0.29, 0.717) is 0 Å². The molecule has 1 nitrogen and oxygen atoms in total. The second kappa shape index (κ2) is 16.0. The van der Waals surface area contributed by atoms with Gasteiger partial charge in [0.25, 0.3) is 0 Å². The molecule has 0 bridgehead atoms. The highest BCUT2D eigenvalue weighted by Gasteiger charge is 2.46. The van der Waals surface area contributed by atoms with Crippen LogP contribution in [-0.2, 0) is 5.41 Å². The first-order valence-electron chi connectivity index (χ1n) is 23.1. The van der Waals surface area contributed by atoms with Crippen molar-refractivity contribution in [1.29, 1.82) is 0 Å². The Balaban J connectivity index is 0.911. The van der Waals surface area contributed by atoms with Crippen LogP contribution < -0.4 is 4.90 Å². The van der Waals surface area contributed by atoms with Crippen LogP contribution in [0.25, 0.3) is 75.5 Å². The van der Waals surface area contributed by atoms with Crippen molar-refractivity contribution in [3.8, 4) is 44.5 Å². The Bertz CT molecular complexity index is 3750. The molecule has 0 fully saturated rings. The number of anilines is 3. The van der Waals surface area contributed by atoms with Gasteiger partial charge >= 0.3 is 0 Å². The Morgan fingerprint density at radius 1 is 0.284 bits per heavy atom. The van der Waals surface area contributed by atoms with Crippen LogP contribution in [0.4, 0.5) is 17.1 Å². The van der Waals surface area contributed by atoms with Gasteiger partial charge in [0.05, 0.1) is 5.41 Å². The number of thiophene rings is 1. The van der Waals surface area contributed by atoms with Gasteiger partial charge in [0.2, 0.25) is 0 Å². The monoisotopic (exact) mass is 869 g/mol. The van der Waals surface area contributed by atoms with Crippen molar-refractivity contribution >= 4 is 59.3 Å². The van der Waals surface area contributed by atoms with Gasteiger partial charge in [-0.3, -0.25) is 0 Å². The molecule has 2 heteroatoms. The van der Waals surface area contributed by atoms with Gasteiger partial charge in [-0.25, -0.2) is 0 Å². The van der Waals surface area contributed by atoms with Crippen molar-refractivity contribution in [3.63, 3.8) is 0 Å². The Hall–Kier alpha value is -8.30. The van der Waals surface area contributed by atoms with Crippen LogP contribution in [0.1, 0.15) is 22.3 Å². The molecule has 1 aromatic heterocycles. The first-order valence-corrected chi connectivity index (χ1v) is 23.9. The summed E-state index contributed by atoms with van der Waals surface area (Å²) in [5.74, 6) is 0. The molecule has 0 saturated carbocycles. The lowest BCUT2D eigenvalue weighted by Gasteiger charge is -2.34. The van der Waals surface area contributed by atoms with Crippen molar-refractivity contribution in [2.24, 2.45) is 0 Å². The van der Waals surface area contributed by atoms with Crippen molar-refractivity contribution < 1.29 is 0 Å². The van der Waals surface area contributed by atoms with Crippen LogP contribution in [0, 0.1) is 0 Å². The van der Waals surface area contributed by atoms with E-state index in [1.165, 1.54) is 97.7 Å². The Kier molecular flexibility index (Phi) is 9.33. The molecule has 1 aliphatic carbocycles. The van der Waals surface area contributed by atoms with Crippen molar-refractivity contribution in [3.05, 3.63) is 283 Å². The first-order chi connectivity index (χ1) is 33.2. The quantitative estimate of drug-likeness (QED) is 0.147. The zero-order valence-corrected chi connectivity index (χ0v) is 37.5. The molecule has 67 heavy (non-hydrogen) atoms. The fourth-order valence-corrected chi connectivity index (χ4v) is 11.9. The van der Waals surface area contributed by atoms with Crippen LogP contribution in [0.5, 0.6) is 0 Å². The van der Waals surface area contributed by atoms with E-state index >= 15 is 0 Å². The van der Waals surface area contributed by atoms with E-state index in [0.717, 1.165) is 17.1 Å². The molecule has 0 spiro atoms. The topological polar surface area (TPSA) is 3.24 Å². The molecule has 13 rings (SSSR count). The van der Waals surface area contributed by atoms with Crippen LogP contribution in [0.15, 0.2) is 261 Å². The molecule has 0 saturated heterocycles. The smallest absolute Gasteiger partial charge is 0.0713 e. The number of benzene rings is 11. The van der Waals surface area contributed by atoms with E-state index in [1.807, 2.05) is 11.3 Å². The molecular formula is C65H43NS. The third kappa shape index (κ3) is 6.52. The molecule has 0 unspecified atom stereocenters. The van der Waals surface area contributed by atoms with Gasteiger partial charge in [-0.15, -0.1) is 11.3 Å². The second-order valence-electron chi connectivity index (χ2n) is 17.6. The minimum atomic E-state index is -0.451. The van der Waals surface area contributed by atoms with E-state index in [4.69, 9.17) is 0 Å². The van der Waals surface area contributed by atoms with E-state index in [2.05, 4.69) is 266 Å². The maximum atomic E-state index is 2.45. The second-order valence-corrected chi connectivity index (χ2v) is 18.7. The van der Waals surface area contributed by atoms with Gasteiger partial charge in [0.15, 0.2) is 0 Å². The highest BCUT2D eigenvalue weighted by Crippen LogP contribution is 2.56. The maximum absolute atomic E-state index is 2.45. The summed E-state index contributed by atoms with van der Waals surface area (Å²) in [6, 6.07) is 96.3. The predicted octanol–water partition coefficient (Wildman–Crippen LogP) is 18.0. The average Bonchev–Trinajstić information content (AvgIpc) is 3.93. The van der Waals surface area contributed by atoms with Crippen molar-refractivity contribution in [1.82, 2.24) is 0 Å². The van der Waals surface area contributed by atoms with Gasteiger partial charge in [0, 0.05) is 37.2 Å². The van der Waals surface area contributed by atoms with Gasteiger partial charge in [-0.2, -0.15) is 0 Å². The zero-order chi connectivity index (χ0) is 44.3. The van der Waals surface area contributed by atoms with Crippen LogP contribution in [0.3, 0.4) is 0 Å². The molecule has 0 aliphatic heterocycles. The third-order valence-corrected chi connectivity index (χ3v) is 15.1. The van der Waals surface area contributed by atoms with E-state index in [-0.39, 0.29) is 0 Å². The minimum absolute atomic E-state index is 0.451. The summed E-state index contributed by atoms with van der Waals surface area (Å²) in [6.07, 6.45) is 0. The third-order valence-electron chi connectivity index (χ3n) is 13.9. The summed E-state index contributed by atoms with van der Waals surface area (Å²) >= 11 is 1.86. The molecule has 12 aromatic rings. The van der Waals surface area contributed by atoms with Crippen LogP contribution >= 0.6 is 11.3 Å². The SMILES string of the molecule is c1ccc(C2(c3ccccc3)c3ccccc3-c3ccc(-c4ccc(N(c5ccc(-c6ccc7c(c6)sc6ccccc67)cc5)c5cccc(-c6ccc7ccccc7c6)c5)cc4)cc32)cc1.